The number of carbonyl (C=O) groups excluding carboxylic acids is 3. The molecule has 4 rings (SSSR count). The summed E-state index contributed by atoms with van der Waals surface area (Å²) in [7, 11) is 0. The van der Waals surface area contributed by atoms with Crippen LogP contribution in [-0.2, 0) is 14.4 Å². The SMILES string of the molecule is O=C(C=Cc1cccc(Cl)c1)N1CCC(=O)N([C@H](CO)CC(=O)N2CCC3(CC3)C(O)C2)CC1. The molecule has 184 valence electrons. The monoisotopic (exact) mass is 489 g/mol. The van der Waals surface area contributed by atoms with Crippen LogP contribution in [0.5, 0.6) is 0 Å². The molecule has 2 N–H and O–H groups in total. The lowest BCUT2D eigenvalue weighted by atomic mass is 9.90. The van der Waals surface area contributed by atoms with Crippen molar-refractivity contribution in [2.24, 2.45) is 5.41 Å². The van der Waals surface area contributed by atoms with E-state index in [2.05, 4.69) is 0 Å². The fourth-order valence-electron chi connectivity index (χ4n) is 4.92. The Labute approximate surface area is 204 Å². The van der Waals surface area contributed by atoms with Gasteiger partial charge in [-0.05, 0) is 48.4 Å². The maximum atomic E-state index is 12.9. The average molecular weight is 490 g/mol. The zero-order chi connectivity index (χ0) is 24.3. The van der Waals surface area contributed by atoms with E-state index in [-0.39, 0.29) is 55.7 Å². The Morgan fingerprint density at radius 2 is 1.94 bits per heavy atom. The summed E-state index contributed by atoms with van der Waals surface area (Å²) < 4.78 is 0. The largest absolute Gasteiger partial charge is 0.394 e. The van der Waals surface area contributed by atoms with E-state index < -0.39 is 12.1 Å². The average Bonchev–Trinajstić information content (AvgIpc) is 3.63. The molecule has 2 heterocycles. The molecule has 1 aliphatic carbocycles. The van der Waals surface area contributed by atoms with Crippen LogP contribution >= 0.6 is 11.6 Å². The summed E-state index contributed by atoms with van der Waals surface area (Å²) in [6, 6.07) is 6.52. The Balaban J connectivity index is 1.33. The van der Waals surface area contributed by atoms with Gasteiger partial charge in [-0.1, -0.05) is 23.7 Å². The topological polar surface area (TPSA) is 101 Å². The predicted molar refractivity (Wildman–Crippen MR) is 128 cm³/mol. The third kappa shape index (κ3) is 5.62. The Kier molecular flexibility index (Phi) is 7.60. The van der Waals surface area contributed by atoms with Crippen molar-refractivity contribution in [2.75, 3.05) is 39.3 Å². The number of hydrogen-bond acceptors (Lipinski definition) is 5. The standard InChI is InChI=1S/C25H32ClN3O5/c26-19-3-1-2-18(14-19)4-5-22(32)27-10-6-23(33)29(13-12-27)20(17-30)15-24(34)28-11-9-25(7-8-25)21(31)16-28/h1-5,14,20-21,30-31H,6-13,15-17H2/t20-,21?/m0/s1. The molecule has 1 unspecified atom stereocenters. The van der Waals surface area contributed by atoms with E-state index in [1.54, 1.807) is 34.1 Å². The van der Waals surface area contributed by atoms with Gasteiger partial charge in [0.25, 0.3) is 0 Å². The summed E-state index contributed by atoms with van der Waals surface area (Å²) in [6.07, 6.45) is 5.61. The molecule has 9 heteroatoms. The molecule has 8 nitrogen and oxygen atoms in total. The van der Waals surface area contributed by atoms with E-state index in [4.69, 9.17) is 11.6 Å². The first-order valence-electron chi connectivity index (χ1n) is 11.9. The molecule has 2 atom stereocenters. The smallest absolute Gasteiger partial charge is 0.246 e. The minimum absolute atomic E-state index is 0.00454. The Hall–Kier alpha value is -2.42. The van der Waals surface area contributed by atoms with Crippen LogP contribution in [0.2, 0.25) is 5.02 Å². The second-order valence-corrected chi connectivity index (χ2v) is 10.00. The van der Waals surface area contributed by atoms with Crippen LogP contribution in [0.25, 0.3) is 6.08 Å². The third-order valence-electron chi connectivity index (χ3n) is 7.39. The normalized spacial score (nSPS) is 23.3. The minimum Gasteiger partial charge on any atom is -0.394 e. The molecule has 1 saturated carbocycles. The van der Waals surface area contributed by atoms with Crippen LogP contribution < -0.4 is 0 Å². The zero-order valence-electron chi connectivity index (χ0n) is 19.2. The highest BCUT2D eigenvalue weighted by molar-refractivity contribution is 6.30. The highest BCUT2D eigenvalue weighted by Crippen LogP contribution is 2.53. The lowest BCUT2D eigenvalue weighted by molar-refractivity contribution is -0.141. The quantitative estimate of drug-likeness (QED) is 0.590. The molecule has 1 aromatic carbocycles. The zero-order valence-corrected chi connectivity index (χ0v) is 20.0. The number of nitrogens with zero attached hydrogens (tertiary/aromatic N) is 3. The van der Waals surface area contributed by atoms with E-state index in [1.807, 2.05) is 6.07 Å². The van der Waals surface area contributed by atoms with Gasteiger partial charge in [-0.15, -0.1) is 0 Å². The van der Waals surface area contributed by atoms with E-state index >= 15 is 0 Å². The van der Waals surface area contributed by atoms with Crippen molar-refractivity contribution < 1.29 is 24.6 Å². The van der Waals surface area contributed by atoms with Crippen LogP contribution in [0.1, 0.15) is 37.7 Å². The lowest BCUT2D eigenvalue weighted by Gasteiger charge is -2.38. The van der Waals surface area contributed by atoms with Crippen molar-refractivity contribution in [2.45, 2.75) is 44.2 Å². The van der Waals surface area contributed by atoms with Gasteiger partial charge < -0.3 is 24.9 Å². The van der Waals surface area contributed by atoms with Crippen molar-refractivity contribution in [1.29, 1.82) is 0 Å². The van der Waals surface area contributed by atoms with Gasteiger partial charge in [-0.25, -0.2) is 0 Å². The fraction of sp³-hybridized carbons (Fsp3) is 0.560. The van der Waals surface area contributed by atoms with Crippen LogP contribution in [0.3, 0.4) is 0 Å². The second-order valence-electron chi connectivity index (χ2n) is 9.56. The molecule has 2 aliphatic heterocycles. The van der Waals surface area contributed by atoms with E-state index in [9.17, 15) is 24.6 Å². The molecule has 34 heavy (non-hydrogen) atoms. The Bertz CT molecular complexity index is 964. The van der Waals surface area contributed by atoms with Gasteiger partial charge in [0, 0.05) is 56.7 Å². The summed E-state index contributed by atoms with van der Waals surface area (Å²) in [6.45, 7) is 1.43. The summed E-state index contributed by atoms with van der Waals surface area (Å²) in [5.41, 5.74) is 0.813. The maximum absolute atomic E-state index is 12.9. The number of hydrogen-bond donors (Lipinski definition) is 2. The van der Waals surface area contributed by atoms with Gasteiger partial charge in [0.15, 0.2) is 0 Å². The number of amides is 3. The van der Waals surface area contributed by atoms with Crippen molar-refractivity contribution in [1.82, 2.24) is 14.7 Å². The third-order valence-corrected chi connectivity index (χ3v) is 7.63. The molecule has 3 amide bonds. The molecule has 0 aromatic heterocycles. The van der Waals surface area contributed by atoms with Gasteiger partial charge in [-0.3, -0.25) is 14.4 Å². The number of halogens is 1. The first-order valence-corrected chi connectivity index (χ1v) is 12.3. The van der Waals surface area contributed by atoms with Gasteiger partial charge in [0.2, 0.25) is 17.7 Å². The molecule has 3 aliphatic rings. The molecule has 2 saturated heterocycles. The molecular weight excluding hydrogens is 458 g/mol. The number of likely N-dealkylation sites (tertiary alicyclic amines) is 1. The van der Waals surface area contributed by atoms with Crippen molar-refractivity contribution >= 4 is 35.4 Å². The minimum atomic E-state index is -0.647. The van der Waals surface area contributed by atoms with Crippen LogP contribution in [-0.4, -0.2) is 94.1 Å². The van der Waals surface area contributed by atoms with E-state index in [1.165, 1.54) is 11.0 Å². The van der Waals surface area contributed by atoms with Crippen molar-refractivity contribution in [3.8, 4) is 0 Å². The number of benzene rings is 1. The molecule has 0 bridgehead atoms. The second kappa shape index (κ2) is 10.5. The highest BCUT2D eigenvalue weighted by Gasteiger charge is 2.51. The highest BCUT2D eigenvalue weighted by atomic mass is 35.5. The lowest BCUT2D eigenvalue weighted by Crippen LogP contribution is -2.51. The maximum Gasteiger partial charge on any atom is 0.246 e. The predicted octanol–water partition coefficient (Wildman–Crippen LogP) is 1.54. The first-order chi connectivity index (χ1) is 16.3. The number of aliphatic hydroxyl groups excluding tert-OH is 2. The summed E-state index contributed by atoms with van der Waals surface area (Å²) in [5.74, 6) is -0.554. The molecule has 1 spiro atoms. The molecule has 1 aromatic rings. The van der Waals surface area contributed by atoms with Crippen molar-refractivity contribution in [3.63, 3.8) is 0 Å². The Morgan fingerprint density at radius 3 is 2.62 bits per heavy atom. The number of rotatable bonds is 6. The van der Waals surface area contributed by atoms with Gasteiger partial charge in [0.1, 0.15) is 0 Å². The summed E-state index contributed by atoms with van der Waals surface area (Å²) in [5, 5.41) is 20.9. The van der Waals surface area contributed by atoms with Crippen LogP contribution in [0.4, 0.5) is 0 Å². The molecule has 3 fully saturated rings. The number of carbonyl (C=O) groups is 3. The summed E-state index contributed by atoms with van der Waals surface area (Å²) >= 11 is 5.98. The van der Waals surface area contributed by atoms with Crippen LogP contribution in [0.15, 0.2) is 30.3 Å². The Morgan fingerprint density at radius 1 is 1.15 bits per heavy atom. The number of aliphatic hydroxyl groups is 2. The number of piperidine rings is 1. The molecular formula is C25H32ClN3O5. The van der Waals surface area contributed by atoms with E-state index in [0.717, 1.165) is 24.8 Å². The van der Waals surface area contributed by atoms with Crippen LogP contribution in [0, 0.1) is 5.41 Å². The first kappa shape index (κ1) is 24.7. The summed E-state index contributed by atoms with van der Waals surface area (Å²) in [4.78, 5) is 43.1. The fourth-order valence-corrected chi connectivity index (χ4v) is 5.12. The van der Waals surface area contributed by atoms with Gasteiger partial charge in [0.05, 0.1) is 18.8 Å². The van der Waals surface area contributed by atoms with Gasteiger partial charge in [-0.2, -0.15) is 0 Å². The molecule has 0 radical (unpaired) electrons. The van der Waals surface area contributed by atoms with Crippen molar-refractivity contribution in [3.05, 3.63) is 40.9 Å². The number of β-amino-alcohol motifs (C(OH)–C–C–N with tert-alkyl or cyclic N) is 1. The van der Waals surface area contributed by atoms with Gasteiger partial charge >= 0.3 is 0 Å². The van der Waals surface area contributed by atoms with E-state index in [0.29, 0.717) is 24.7 Å².